The Bertz CT molecular complexity index is 388. The van der Waals surface area contributed by atoms with Crippen LogP contribution in [0.4, 0.5) is 0 Å². The molecule has 1 atom stereocenters. The molecule has 0 aliphatic rings. The summed E-state index contributed by atoms with van der Waals surface area (Å²) in [5.74, 6) is 0.845. The van der Waals surface area contributed by atoms with Crippen molar-refractivity contribution >= 4 is 15.9 Å². The molecule has 4 heteroatoms. The average Bonchev–Trinajstić information content (AvgIpc) is 2.28. The number of hydrogen-bond donors (Lipinski definition) is 1. The van der Waals surface area contributed by atoms with Crippen molar-refractivity contribution in [3.8, 4) is 5.75 Å². The third kappa shape index (κ3) is 5.38. The van der Waals surface area contributed by atoms with E-state index in [2.05, 4.69) is 15.9 Å². The summed E-state index contributed by atoms with van der Waals surface area (Å²) in [6.07, 6.45) is 0.758. The number of hydrogen-bond acceptors (Lipinski definition) is 3. The summed E-state index contributed by atoms with van der Waals surface area (Å²) in [4.78, 5) is 0. The molecule has 102 valence electrons. The Labute approximate surface area is 118 Å². The summed E-state index contributed by atoms with van der Waals surface area (Å²) in [5, 5.41) is 0. The lowest BCUT2D eigenvalue weighted by Crippen LogP contribution is -2.33. The van der Waals surface area contributed by atoms with Crippen molar-refractivity contribution in [1.29, 1.82) is 0 Å². The first-order chi connectivity index (χ1) is 8.31. The molecule has 1 unspecified atom stereocenters. The van der Waals surface area contributed by atoms with E-state index in [1.165, 1.54) is 0 Å². The van der Waals surface area contributed by atoms with Gasteiger partial charge in [0.25, 0.3) is 0 Å². The van der Waals surface area contributed by atoms with Gasteiger partial charge in [-0.25, -0.2) is 0 Å². The molecule has 1 rings (SSSR count). The van der Waals surface area contributed by atoms with Crippen molar-refractivity contribution in [3.05, 3.63) is 28.2 Å². The van der Waals surface area contributed by atoms with Gasteiger partial charge in [-0.2, -0.15) is 0 Å². The van der Waals surface area contributed by atoms with Gasteiger partial charge < -0.3 is 15.2 Å². The van der Waals surface area contributed by atoms with E-state index in [1.54, 1.807) is 7.11 Å². The number of halogens is 1. The van der Waals surface area contributed by atoms with E-state index in [-0.39, 0.29) is 11.6 Å². The number of rotatable bonds is 5. The summed E-state index contributed by atoms with van der Waals surface area (Å²) in [7, 11) is 1.66. The third-order valence-electron chi connectivity index (χ3n) is 2.47. The van der Waals surface area contributed by atoms with Gasteiger partial charge in [0.05, 0.1) is 19.3 Å². The lowest BCUT2D eigenvalue weighted by Gasteiger charge is -2.22. The Morgan fingerprint density at radius 3 is 2.56 bits per heavy atom. The molecular weight excluding hydrogens is 294 g/mol. The van der Waals surface area contributed by atoms with Gasteiger partial charge >= 0.3 is 0 Å². The highest BCUT2D eigenvalue weighted by molar-refractivity contribution is 9.10. The van der Waals surface area contributed by atoms with Gasteiger partial charge in [-0.1, -0.05) is 15.9 Å². The molecule has 0 aromatic heterocycles. The Balaban J connectivity index is 2.61. The van der Waals surface area contributed by atoms with Crippen LogP contribution in [0.2, 0.25) is 0 Å². The Morgan fingerprint density at radius 1 is 1.33 bits per heavy atom. The van der Waals surface area contributed by atoms with Gasteiger partial charge in [0, 0.05) is 10.5 Å². The van der Waals surface area contributed by atoms with Gasteiger partial charge in [-0.15, -0.1) is 0 Å². The molecular formula is C14H22BrNO2. The molecule has 18 heavy (non-hydrogen) atoms. The van der Waals surface area contributed by atoms with Crippen LogP contribution in [0, 0.1) is 0 Å². The third-order valence-corrected chi connectivity index (χ3v) is 3.24. The molecule has 0 fully saturated rings. The van der Waals surface area contributed by atoms with Crippen molar-refractivity contribution in [3.63, 3.8) is 0 Å². The predicted molar refractivity (Wildman–Crippen MR) is 78.1 cm³/mol. The van der Waals surface area contributed by atoms with Crippen LogP contribution < -0.4 is 10.5 Å². The van der Waals surface area contributed by atoms with Gasteiger partial charge in [0.1, 0.15) is 5.75 Å². The van der Waals surface area contributed by atoms with E-state index < -0.39 is 0 Å². The minimum atomic E-state index is -0.150. The molecule has 2 N–H and O–H groups in total. The number of nitrogens with two attached hydrogens (primary N) is 1. The van der Waals surface area contributed by atoms with Crippen LogP contribution in [0.3, 0.4) is 0 Å². The van der Waals surface area contributed by atoms with Crippen LogP contribution in [0.5, 0.6) is 5.75 Å². The largest absolute Gasteiger partial charge is 0.497 e. The van der Waals surface area contributed by atoms with Crippen LogP contribution in [0.15, 0.2) is 22.7 Å². The fraction of sp³-hybridized carbons (Fsp3) is 0.571. The second-order valence-corrected chi connectivity index (χ2v) is 6.20. The molecule has 0 bridgehead atoms. The molecule has 0 saturated heterocycles. The Hall–Kier alpha value is -0.580. The Morgan fingerprint density at radius 2 is 2.00 bits per heavy atom. The van der Waals surface area contributed by atoms with Crippen LogP contribution in [0.1, 0.15) is 26.3 Å². The fourth-order valence-corrected chi connectivity index (χ4v) is 1.94. The van der Waals surface area contributed by atoms with Crippen molar-refractivity contribution < 1.29 is 9.47 Å². The summed E-state index contributed by atoms with van der Waals surface area (Å²) in [5.41, 5.74) is 7.08. The summed E-state index contributed by atoms with van der Waals surface area (Å²) in [6, 6.07) is 5.88. The van der Waals surface area contributed by atoms with Gasteiger partial charge in [0.2, 0.25) is 0 Å². The lowest BCUT2D eigenvalue weighted by molar-refractivity contribution is -0.00985. The zero-order valence-electron chi connectivity index (χ0n) is 11.5. The minimum absolute atomic E-state index is 0.0207. The second kappa shape index (κ2) is 6.55. The molecule has 0 saturated carbocycles. The molecule has 0 aliphatic heterocycles. The quantitative estimate of drug-likeness (QED) is 0.907. The van der Waals surface area contributed by atoms with Crippen LogP contribution in [-0.2, 0) is 11.2 Å². The van der Waals surface area contributed by atoms with Crippen LogP contribution in [-0.4, -0.2) is 25.4 Å². The van der Waals surface area contributed by atoms with Crippen molar-refractivity contribution in [2.24, 2.45) is 5.73 Å². The first kappa shape index (κ1) is 15.5. The molecule has 1 aromatic carbocycles. The van der Waals surface area contributed by atoms with Crippen molar-refractivity contribution in [2.75, 3.05) is 13.7 Å². The van der Waals surface area contributed by atoms with E-state index in [0.29, 0.717) is 6.61 Å². The normalized spacial score (nSPS) is 13.4. The van der Waals surface area contributed by atoms with E-state index in [9.17, 15) is 0 Å². The highest BCUT2D eigenvalue weighted by atomic mass is 79.9. The zero-order chi connectivity index (χ0) is 13.8. The van der Waals surface area contributed by atoms with Crippen LogP contribution in [0.25, 0.3) is 0 Å². The van der Waals surface area contributed by atoms with E-state index >= 15 is 0 Å². The molecule has 0 heterocycles. The van der Waals surface area contributed by atoms with E-state index in [4.69, 9.17) is 15.2 Å². The zero-order valence-corrected chi connectivity index (χ0v) is 13.1. The first-order valence-corrected chi connectivity index (χ1v) is 6.83. The fourth-order valence-electron chi connectivity index (χ4n) is 1.53. The molecule has 0 spiro atoms. The van der Waals surface area contributed by atoms with Crippen molar-refractivity contribution in [1.82, 2.24) is 0 Å². The molecule has 1 aromatic rings. The van der Waals surface area contributed by atoms with Gasteiger partial charge in [-0.3, -0.25) is 0 Å². The van der Waals surface area contributed by atoms with Crippen LogP contribution >= 0.6 is 15.9 Å². The van der Waals surface area contributed by atoms with Crippen molar-refractivity contribution in [2.45, 2.75) is 38.8 Å². The minimum Gasteiger partial charge on any atom is -0.497 e. The first-order valence-electron chi connectivity index (χ1n) is 6.04. The second-order valence-electron chi connectivity index (χ2n) is 5.34. The Kier molecular flexibility index (Phi) is 5.63. The molecule has 0 aliphatic carbocycles. The monoisotopic (exact) mass is 315 g/mol. The summed E-state index contributed by atoms with van der Waals surface area (Å²) >= 11 is 3.53. The topological polar surface area (TPSA) is 44.5 Å². The maximum atomic E-state index is 6.09. The number of ether oxygens (including phenoxy) is 2. The highest BCUT2D eigenvalue weighted by Crippen LogP contribution is 2.23. The molecule has 0 amide bonds. The maximum absolute atomic E-state index is 6.09. The van der Waals surface area contributed by atoms with E-state index in [1.807, 2.05) is 39.0 Å². The summed E-state index contributed by atoms with van der Waals surface area (Å²) in [6.45, 7) is 6.64. The molecule has 3 nitrogen and oxygen atoms in total. The lowest BCUT2D eigenvalue weighted by atomic mass is 10.1. The summed E-state index contributed by atoms with van der Waals surface area (Å²) < 4.78 is 12.0. The van der Waals surface area contributed by atoms with E-state index in [0.717, 1.165) is 22.2 Å². The SMILES string of the molecule is COc1ccc(Br)c(CC(N)COC(C)(C)C)c1. The number of benzene rings is 1. The standard InChI is InChI=1S/C14H22BrNO2/c1-14(2,3)18-9-11(16)7-10-8-12(17-4)5-6-13(10)15/h5-6,8,11H,7,9,16H2,1-4H3. The highest BCUT2D eigenvalue weighted by Gasteiger charge is 2.14. The smallest absolute Gasteiger partial charge is 0.119 e. The number of methoxy groups -OCH3 is 1. The molecule has 0 radical (unpaired) electrons. The average molecular weight is 316 g/mol. The van der Waals surface area contributed by atoms with Gasteiger partial charge in [0.15, 0.2) is 0 Å². The maximum Gasteiger partial charge on any atom is 0.119 e. The predicted octanol–water partition coefficient (Wildman–Crippen LogP) is 3.14. The van der Waals surface area contributed by atoms with Gasteiger partial charge in [-0.05, 0) is 51.0 Å².